The Kier molecular flexibility index (Phi) is 6.04. The fourth-order valence-corrected chi connectivity index (χ4v) is 4.56. The Hall–Kier alpha value is -4.06. The highest BCUT2D eigenvalue weighted by atomic mass is 16.2. The summed E-state index contributed by atoms with van der Waals surface area (Å²) < 4.78 is 0. The minimum Gasteiger partial charge on any atom is -0.370 e. The van der Waals surface area contributed by atoms with Crippen LogP contribution in [0.3, 0.4) is 0 Å². The molecule has 1 unspecified atom stereocenters. The molecule has 4 aromatic rings. The average molecular weight is 453 g/mol. The summed E-state index contributed by atoms with van der Waals surface area (Å²) in [6, 6.07) is 22.9. The van der Waals surface area contributed by atoms with Crippen LogP contribution in [0.2, 0.25) is 0 Å². The molecule has 5 rings (SSSR count). The third kappa shape index (κ3) is 4.53. The number of aryl methyl sites for hydroxylation is 1. The molecule has 1 atom stereocenters. The van der Waals surface area contributed by atoms with Crippen LogP contribution in [0.25, 0.3) is 10.9 Å². The van der Waals surface area contributed by atoms with Gasteiger partial charge in [-0.1, -0.05) is 36.4 Å². The lowest BCUT2D eigenvalue weighted by atomic mass is 10.0. The van der Waals surface area contributed by atoms with E-state index < -0.39 is 6.04 Å². The van der Waals surface area contributed by atoms with Gasteiger partial charge in [0.25, 0.3) is 5.91 Å². The molecule has 6 nitrogen and oxygen atoms in total. The molecule has 0 bridgehead atoms. The van der Waals surface area contributed by atoms with Gasteiger partial charge in [-0.2, -0.15) is 0 Å². The van der Waals surface area contributed by atoms with Gasteiger partial charge in [-0.15, -0.1) is 0 Å². The van der Waals surface area contributed by atoms with Crippen molar-refractivity contribution >= 4 is 39.8 Å². The summed E-state index contributed by atoms with van der Waals surface area (Å²) in [4.78, 5) is 30.8. The highest BCUT2D eigenvalue weighted by Crippen LogP contribution is 2.29. The Morgan fingerprint density at radius 1 is 0.971 bits per heavy atom. The third-order valence-electron chi connectivity index (χ3n) is 6.34. The van der Waals surface area contributed by atoms with Crippen LogP contribution in [-0.2, 0) is 9.59 Å². The van der Waals surface area contributed by atoms with Gasteiger partial charge in [-0.3, -0.25) is 9.59 Å². The number of rotatable bonds is 6. The minimum atomic E-state index is -0.572. The number of carbonyl (C=O) groups is 2. The molecule has 1 aliphatic heterocycles. The SMILES string of the molecule is Cc1cc(NC(=O)C(Nc2ccc3cc[nH]c3c2)c2ccccc2)ccc1N1CCCCC1=O. The zero-order valence-electron chi connectivity index (χ0n) is 19.2. The quantitative estimate of drug-likeness (QED) is 0.347. The lowest BCUT2D eigenvalue weighted by Crippen LogP contribution is -2.35. The van der Waals surface area contributed by atoms with Gasteiger partial charge in [0, 0.05) is 41.7 Å². The molecule has 172 valence electrons. The largest absolute Gasteiger partial charge is 0.370 e. The number of amides is 2. The fraction of sp³-hybridized carbons (Fsp3) is 0.214. The molecule has 0 radical (unpaired) electrons. The average Bonchev–Trinajstić information content (AvgIpc) is 3.32. The van der Waals surface area contributed by atoms with Crippen LogP contribution in [0.4, 0.5) is 17.1 Å². The second-order valence-electron chi connectivity index (χ2n) is 8.76. The van der Waals surface area contributed by atoms with Gasteiger partial charge in [-0.05, 0) is 72.7 Å². The highest BCUT2D eigenvalue weighted by Gasteiger charge is 2.23. The number of nitrogens with one attached hydrogen (secondary N) is 3. The third-order valence-corrected chi connectivity index (χ3v) is 6.34. The molecule has 3 aromatic carbocycles. The molecule has 1 fully saturated rings. The number of aromatic amines is 1. The number of aromatic nitrogens is 1. The van der Waals surface area contributed by atoms with Crippen LogP contribution in [-0.4, -0.2) is 23.3 Å². The van der Waals surface area contributed by atoms with Crippen molar-refractivity contribution in [2.45, 2.75) is 32.2 Å². The monoisotopic (exact) mass is 452 g/mol. The van der Waals surface area contributed by atoms with Crippen LogP contribution < -0.4 is 15.5 Å². The summed E-state index contributed by atoms with van der Waals surface area (Å²) in [5.41, 5.74) is 5.33. The summed E-state index contributed by atoms with van der Waals surface area (Å²) in [6.07, 6.45) is 4.46. The maximum atomic E-state index is 13.4. The van der Waals surface area contributed by atoms with Crippen molar-refractivity contribution in [3.63, 3.8) is 0 Å². The predicted octanol–water partition coefficient (Wildman–Crippen LogP) is 5.79. The molecule has 0 saturated carbocycles. The molecule has 1 aromatic heterocycles. The van der Waals surface area contributed by atoms with E-state index in [0.717, 1.165) is 52.8 Å². The molecular weight excluding hydrogens is 424 g/mol. The zero-order valence-corrected chi connectivity index (χ0v) is 19.2. The molecule has 34 heavy (non-hydrogen) atoms. The maximum Gasteiger partial charge on any atom is 0.251 e. The van der Waals surface area contributed by atoms with Gasteiger partial charge in [0.1, 0.15) is 6.04 Å². The summed E-state index contributed by atoms with van der Waals surface area (Å²) in [5, 5.41) is 7.58. The first-order chi connectivity index (χ1) is 16.6. The van der Waals surface area contributed by atoms with Crippen molar-refractivity contribution in [3.8, 4) is 0 Å². The van der Waals surface area contributed by atoms with Crippen molar-refractivity contribution in [3.05, 3.63) is 90.1 Å². The summed E-state index contributed by atoms with van der Waals surface area (Å²) in [6.45, 7) is 2.72. The Bertz CT molecular complexity index is 1330. The first kappa shape index (κ1) is 21.8. The number of carbonyl (C=O) groups excluding carboxylic acids is 2. The highest BCUT2D eigenvalue weighted by molar-refractivity contribution is 5.99. The molecule has 3 N–H and O–H groups in total. The number of piperidine rings is 1. The molecule has 0 aliphatic carbocycles. The van der Waals surface area contributed by atoms with Crippen LogP contribution in [0.15, 0.2) is 79.0 Å². The first-order valence-corrected chi connectivity index (χ1v) is 11.7. The Morgan fingerprint density at radius 3 is 2.59 bits per heavy atom. The van der Waals surface area contributed by atoms with E-state index in [-0.39, 0.29) is 11.8 Å². The molecule has 2 heterocycles. The number of benzene rings is 3. The Morgan fingerprint density at radius 2 is 1.79 bits per heavy atom. The smallest absolute Gasteiger partial charge is 0.251 e. The van der Waals surface area contributed by atoms with E-state index >= 15 is 0 Å². The number of nitrogens with zero attached hydrogens (tertiary/aromatic N) is 1. The molecular formula is C28H28N4O2. The number of H-pyrrole nitrogens is 1. The van der Waals surface area contributed by atoms with Crippen LogP contribution in [0.5, 0.6) is 0 Å². The zero-order chi connectivity index (χ0) is 23.5. The van der Waals surface area contributed by atoms with Gasteiger partial charge in [0.15, 0.2) is 0 Å². The van der Waals surface area contributed by atoms with Crippen molar-refractivity contribution in [1.82, 2.24) is 4.98 Å². The van der Waals surface area contributed by atoms with Crippen molar-refractivity contribution in [2.75, 3.05) is 22.1 Å². The summed E-state index contributed by atoms with van der Waals surface area (Å²) in [5.74, 6) is 0.0116. The van der Waals surface area contributed by atoms with E-state index in [2.05, 4.69) is 15.6 Å². The maximum absolute atomic E-state index is 13.4. The van der Waals surface area contributed by atoms with E-state index in [0.29, 0.717) is 12.1 Å². The van der Waals surface area contributed by atoms with E-state index in [1.165, 1.54) is 0 Å². The Labute approximate surface area is 199 Å². The van der Waals surface area contributed by atoms with E-state index in [1.54, 1.807) is 0 Å². The van der Waals surface area contributed by atoms with Crippen LogP contribution in [0.1, 0.15) is 36.4 Å². The first-order valence-electron chi connectivity index (χ1n) is 11.7. The normalized spacial score (nSPS) is 14.7. The van der Waals surface area contributed by atoms with Crippen LogP contribution in [0, 0.1) is 6.92 Å². The molecule has 1 saturated heterocycles. The standard InChI is InChI=1S/C28H28N4O2/c1-19-17-22(12-13-25(19)32-16-6-5-9-26(32)33)31-28(34)27(21-7-3-2-4-8-21)30-23-11-10-20-14-15-29-24(20)18-23/h2-4,7-8,10-15,17-18,27,29-30H,5-6,9,16H2,1H3,(H,31,34). The van der Waals surface area contributed by atoms with Crippen molar-refractivity contribution in [2.24, 2.45) is 0 Å². The number of fused-ring (bicyclic) bond motifs is 1. The predicted molar refractivity (Wildman–Crippen MR) is 137 cm³/mol. The van der Waals surface area contributed by atoms with Gasteiger partial charge in [-0.25, -0.2) is 0 Å². The minimum absolute atomic E-state index is 0.154. The van der Waals surface area contributed by atoms with Gasteiger partial charge >= 0.3 is 0 Å². The van der Waals surface area contributed by atoms with Gasteiger partial charge in [0.2, 0.25) is 5.91 Å². The second-order valence-corrected chi connectivity index (χ2v) is 8.76. The van der Waals surface area contributed by atoms with E-state index in [9.17, 15) is 9.59 Å². The van der Waals surface area contributed by atoms with Crippen molar-refractivity contribution in [1.29, 1.82) is 0 Å². The molecule has 6 heteroatoms. The number of anilines is 3. The molecule has 2 amide bonds. The van der Waals surface area contributed by atoms with Gasteiger partial charge < -0.3 is 20.5 Å². The fourth-order valence-electron chi connectivity index (χ4n) is 4.56. The number of hydrogen-bond donors (Lipinski definition) is 3. The van der Waals surface area contributed by atoms with Gasteiger partial charge in [0.05, 0.1) is 0 Å². The lowest BCUT2D eigenvalue weighted by Gasteiger charge is -2.28. The van der Waals surface area contributed by atoms with Crippen LogP contribution >= 0.6 is 0 Å². The van der Waals surface area contributed by atoms with Crippen molar-refractivity contribution < 1.29 is 9.59 Å². The Balaban J connectivity index is 1.38. The molecule has 1 aliphatic rings. The lowest BCUT2D eigenvalue weighted by molar-refractivity contribution is -0.119. The summed E-state index contributed by atoms with van der Waals surface area (Å²) in [7, 11) is 0. The number of hydrogen-bond acceptors (Lipinski definition) is 3. The van der Waals surface area contributed by atoms with E-state index in [1.807, 2.05) is 90.8 Å². The molecule has 0 spiro atoms. The second kappa shape index (κ2) is 9.43. The van der Waals surface area contributed by atoms with E-state index in [4.69, 9.17) is 0 Å². The summed E-state index contributed by atoms with van der Waals surface area (Å²) >= 11 is 0. The topological polar surface area (TPSA) is 77.2 Å².